The van der Waals surface area contributed by atoms with Crippen LogP contribution >= 0.6 is 11.6 Å². The Labute approximate surface area is 207 Å². The number of imide groups is 1. The van der Waals surface area contributed by atoms with E-state index in [0.29, 0.717) is 11.0 Å². The second kappa shape index (κ2) is 9.82. The summed E-state index contributed by atoms with van der Waals surface area (Å²) in [5, 5.41) is 2.09. The molecule has 184 valence electrons. The molecular weight excluding hydrogens is 501 g/mol. The van der Waals surface area contributed by atoms with Crippen LogP contribution in [0.1, 0.15) is 37.9 Å². The first-order valence-electron chi connectivity index (χ1n) is 10.4. The fourth-order valence-corrected chi connectivity index (χ4v) is 3.74. The summed E-state index contributed by atoms with van der Waals surface area (Å²) in [5.41, 5.74) is -0.914. The maximum atomic E-state index is 13.1. The lowest BCUT2D eigenvalue weighted by Crippen LogP contribution is -2.37. The molecule has 1 unspecified atom stereocenters. The predicted molar refractivity (Wildman–Crippen MR) is 122 cm³/mol. The SMILES string of the molecule is O=C(CN1C(=O)c2ccccc2C1=O)OC(C(=O)Nc1cc(C(F)(F)F)ccc1Cl)c1ccccc1. The molecule has 3 aromatic rings. The second-order valence-electron chi connectivity index (χ2n) is 7.70. The second-order valence-corrected chi connectivity index (χ2v) is 8.11. The average molecular weight is 517 g/mol. The molecule has 3 aromatic carbocycles. The van der Waals surface area contributed by atoms with Gasteiger partial charge in [0.2, 0.25) is 6.10 Å². The van der Waals surface area contributed by atoms with Crippen LogP contribution in [-0.4, -0.2) is 35.1 Å². The molecule has 0 fully saturated rings. The number of alkyl halides is 3. The summed E-state index contributed by atoms with van der Waals surface area (Å²) >= 11 is 5.97. The number of amides is 3. The first-order valence-corrected chi connectivity index (χ1v) is 10.8. The van der Waals surface area contributed by atoms with Gasteiger partial charge in [0.05, 0.1) is 27.4 Å². The molecule has 1 atom stereocenters. The molecular formula is C25H16ClF3N2O5. The van der Waals surface area contributed by atoms with Gasteiger partial charge in [-0.2, -0.15) is 13.2 Å². The van der Waals surface area contributed by atoms with Crippen molar-refractivity contribution in [1.29, 1.82) is 0 Å². The first-order chi connectivity index (χ1) is 17.1. The van der Waals surface area contributed by atoms with Crippen LogP contribution in [0.3, 0.4) is 0 Å². The van der Waals surface area contributed by atoms with Crippen LogP contribution in [0.2, 0.25) is 5.02 Å². The number of anilines is 1. The third-order valence-corrected chi connectivity index (χ3v) is 5.64. The Balaban J connectivity index is 1.55. The molecule has 1 heterocycles. The summed E-state index contributed by atoms with van der Waals surface area (Å²) in [7, 11) is 0. The van der Waals surface area contributed by atoms with E-state index in [-0.39, 0.29) is 27.4 Å². The van der Waals surface area contributed by atoms with Crippen molar-refractivity contribution in [2.45, 2.75) is 12.3 Å². The highest BCUT2D eigenvalue weighted by Gasteiger charge is 2.38. The number of hydrogen-bond acceptors (Lipinski definition) is 5. The topological polar surface area (TPSA) is 92.8 Å². The van der Waals surface area contributed by atoms with E-state index in [1.807, 2.05) is 0 Å². The zero-order valence-electron chi connectivity index (χ0n) is 18.2. The Kier molecular flexibility index (Phi) is 6.80. The number of benzene rings is 3. The quantitative estimate of drug-likeness (QED) is 0.372. The van der Waals surface area contributed by atoms with Crippen molar-refractivity contribution in [3.8, 4) is 0 Å². The van der Waals surface area contributed by atoms with Gasteiger partial charge in [-0.25, -0.2) is 0 Å². The number of carbonyl (C=O) groups excluding carboxylic acids is 4. The van der Waals surface area contributed by atoms with Crippen LogP contribution in [0.15, 0.2) is 72.8 Å². The maximum Gasteiger partial charge on any atom is 0.416 e. The number of fused-ring (bicyclic) bond motifs is 1. The van der Waals surface area contributed by atoms with Crippen LogP contribution in [-0.2, 0) is 20.5 Å². The van der Waals surface area contributed by atoms with E-state index in [1.54, 1.807) is 30.3 Å². The van der Waals surface area contributed by atoms with Crippen molar-refractivity contribution >= 4 is 41.0 Å². The molecule has 0 aliphatic carbocycles. The van der Waals surface area contributed by atoms with Crippen LogP contribution in [0, 0.1) is 0 Å². The van der Waals surface area contributed by atoms with E-state index in [2.05, 4.69) is 5.32 Å². The van der Waals surface area contributed by atoms with E-state index in [4.69, 9.17) is 16.3 Å². The molecule has 0 saturated carbocycles. The van der Waals surface area contributed by atoms with E-state index in [0.717, 1.165) is 12.1 Å². The Hall–Kier alpha value is -4.18. The maximum absolute atomic E-state index is 13.1. The third-order valence-electron chi connectivity index (χ3n) is 5.31. The van der Waals surface area contributed by atoms with Gasteiger partial charge in [-0.1, -0.05) is 54.1 Å². The third kappa shape index (κ3) is 5.08. The van der Waals surface area contributed by atoms with Crippen molar-refractivity contribution in [3.63, 3.8) is 0 Å². The van der Waals surface area contributed by atoms with E-state index in [1.165, 1.54) is 24.3 Å². The lowest BCUT2D eigenvalue weighted by molar-refractivity contribution is -0.154. The van der Waals surface area contributed by atoms with Crippen LogP contribution < -0.4 is 5.32 Å². The standard InChI is InChI=1S/C25H16ClF3N2O5/c26-18-11-10-15(25(27,28)29)12-19(18)30-22(33)21(14-6-2-1-3-7-14)36-20(32)13-31-23(34)16-8-4-5-9-17(16)24(31)35/h1-12,21H,13H2,(H,30,33). The number of nitrogens with one attached hydrogen (secondary N) is 1. The number of nitrogens with zero attached hydrogens (tertiary/aromatic N) is 1. The van der Waals surface area contributed by atoms with E-state index >= 15 is 0 Å². The monoisotopic (exact) mass is 516 g/mol. The molecule has 0 spiro atoms. The lowest BCUT2D eigenvalue weighted by atomic mass is 10.1. The molecule has 0 aromatic heterocycles. The minimum Gasteiger partial charge on any atom is -0.446 e. The largest absolute Gasteiger partial charge is 0.446 e. The van der Waals surface area contributed by atoms with Gasteiger partial charge >= 0.3 is 12.1 Å². The molecule has 1 N–H and O–H groups in total. The number of esters is 1. The lowest BCUT2D eigenvalue weighted by Gasteiger charge is -2.20. The molecule has 1 aliphatic rings. The summed E-state index contributed by atoms with van der Waals surface area (Å²) < 4.78 is 44.6. The van der Waals surface area contributed by atoms with Crippen LogP contribution in [0.5, 0.6) is 0 Å². The summed E-state index contributed by atoms with van der Waals surface area (Å²) in [6.45, 7) is -0.771. The minimum atomic E-state index is -4.68. The molecule has 4 rings (SSSR count). The predicted octanol–water partition coefficient (Wildman–Crippen LogP) is 4.88. The van der Waals surface area contributed by atoms with E-state index < -0.39 is 48.1 Å². The fourth-order valence-electron chi connectivity index (χ4n) is 3.58. The Bertz CT molecular complexity index is 1330. The highest BCUT2D eigenvalue weighted by atomic mass is 35.5. The number of ether oxygens (including phenoxy) is 1. The molecule has 1 aliphatic heterocycles. The van der Waals surface area contributed by atoms with Crippen molar-refractivity contribution < 1.29 is 37.1 Å². The normalized spacial score (nSPS) is 13.8. The zero-order valence-corrected chi connectivity index (χ0v) is 19.0. The van der Waals surface area contributed by atoms with Crippen molar-refractivity contribution in [2.75, 3.05) is 11.9 Å². The van der Waals surface area contributed by atoms with Gasteiger partial charge in [-0.3, -0.25) is 24.1 Å². The van der Waals surface area contributed by atoms with Gasteiger partial charge in [0.15, 0.2) is 0 Å². The average Bonchev–Trinajstić information content (AvgIpc) is 3.08. The van der Waals surface area contributed by atoms with Crippen LogP contribution in [0.4, 0.5) is 18.9 Å². The molecule has 0 bridgehead atoms. The van der Waals surface area contributed by atoms with Crippen molar-refractivity contribution in [3.05, 3.63) is 100 Å². The summed E-state index contributed by atoms with van der Waals surface area (Å²) in [6.07, 6.45) is -6.29. The van der Waals surface area contributed by atoms with E-state index in [9.17, 15) is 32.3 Å². The number of carbonyl (C=O) groups is 4. The number of hydrogen-bond donors (Lipinski definition) is 1. The highest BCUT2D eigenvalue weighted by molar-refractivity contribution is 6.33. The molecule has 3 amide bonds. The summed E-state index contributed by atoms with van der Waals surface area (Å²) in [5.74, 6) is -3.45. The van der Waals surface area contributed by atoms with Gasteiger partial charge < -0.3 is 10.1 Å². The Morgan fingerprint density at radius 3 is 2.08 bits per heavy atom. The Morgan fingerprint density at radius 2 is 1.50 bits per heavy atom. The van der Waals surface area contributed by atoms with Gasteiger partial charge in [-0.15, -0.1) is 0 Å². The van der Waals surface area contributed by atoms with Gasteiger partial charge in [0, 0.05) is 5.56 Å². The smallest absolute Gasteiger partial charge is 0.416 e. The Morgan fingerprint density at radius 1 is 0.917 bits per heavy atom. The molecule has 0 radical (unpaired) electrons. The molecule has 11 heteroatoms. The molecule has 0 saturated heterocycles. The van der Waals surface area contributed by atoms with Gasteiger partial charge in [-0.05, 0) is 30.3 Å². The van der Waals surface area contributed by atoms with Gasteiger partial charge in [0.1, 0.15) is 6.54 Å². The highest BCUT2D eigenvalue weighted by Crippen LogP contribution is 2.34. The van der Waals surface area contributed by atoms with Crippen LogP contribution in [0.25, 0.3) is 0 Å². The first kappa shape index (κ1) is 24.9. The minimum absolute atomic E-state index is 0.131. The van der Waals surface area contributed by atoms with Crippen molar-refractivity contribution in [2.24, 2.45) is 0 Å². The zero-order chi connectivity index (χ0) is 26.0. The summed E-state index contributed by atoms with van der Waals surface area (Å²) in [4.78, 5) is 51.5. The number of rotatable bonds is 6. The molecule has 36 heavy (non-hydrogen) atoms. The van der Waals surface area contributed by atoms with Gasteiger partial charge in [0.25, 0.3) is 17.7 Å². The fraction of sp³-hybridized carbons (Fsp3) is 0.120. The van der Waals surface area contributed by atoms with Crippen molar-refractivity contribution in [1.82, 2.24) is 4.90 Å². The number of halogens is 4. The molecule has 7 nitrogen and oxygen atoms in total. The summed E-state index contributed by atoms with van der Waals surface area (Å²) in [6, 6.07) is 16.1.